The first-order chi connectivity index (χ1) is 15.1. The third-order valence-corrected chi connectivity index (χ3v) is 5.82. The second-order valence-electron chi connectivity index (χ2n) is 7.45. The van der Waals surface area contributed by atoms with Crippen LogP contribution in [0.3, 0.4) is 0 Å². The van der Waals surface area contributed by atoms with Crippen molar-refractivity contribution in [3.05, 3.63) is 41.1 Å². The van der Waals surface area contributed by atoms with Gasteiger partial charge in [-0.2, -0.15) is 4.98 Å². The highest BCUT2D eigenvalue weighted by molar-refractivity contribution is 7.99. The summed E-state index contributed by atoms with van der Waals surface area (Å²) in [7, 11) is 0. The first-order valence-electron chi connectivity index (χ1n) is 11.1. The lowest BCUT2D eigenvalue weighted by Crippen LogP contribution is -2.30. The summed E-state index contributed by atoms with van der Waals surface area (Å²) in [6.07, 6.45) is 3.88. The third-order valence-electron chi connectivity index (χ3n) is 4.89. The number of carbonyl (C=O) groups excluding carboxylic acids is 1. The molecule has 0 fully saturated rings. The molecule has 1 aliphatic rings. The molecule has 0 amide bonds. The summed E-state index contributed by atoms with van der Waals surface area (Å²) in [4.78, 5) is 17.7. The molecular formula is C23H32N4O3S. The maximum absolute atomic E-state index is 13.1. The zero-order chi connectivity index (χ0) is 22.2. The van der Waals surface area contributed by atoms with Crippen LogP contribution in [0.1, 0.15) is 65.0 Å². The molecule has 1 aliphatic heterocycles. The largest absolute Gasteiger partial charge is 0.493 e. The number of hydrogen-bond acceptors (Lipinski definition) is 7. The second kappa shape index (κ2) is 11.2. The fourth-order valence-electron chi connectivity index (χ4n) is 3.37. The van der Waals surface area contributed by atoms with Gasteiger partial charge in [-0.25, -0.2) is 9.48 Å². The summed E-state index contributed by atoms with van der Waals surface area (Å²) in [6, 6.07) is 7.34. The summed E-state index contributed by atoms with van der Waals surface area (Å²) >= 11 is 1.63. The number of nitrogens with zero attached hydrogens (tertiary/aromatic N) is 3. The van der Waals surface area contributed by atoms with E-state index in [2.05, 4.69) is 24.1 Å². The SMILES string of the molecule is CCCCSc1nc2n(n1)C(c1ccccc1OCCC)C(C(=O)OCCC)=C(C)N2. The van der Waals surface area contributed by atoms with Crippen LogP contribution in [-0.2, 0) is 9.53 Å². The van der Waals surface area contributed by atoms with E-state index in [1.807, 2.05) is 38.1 Å². The minimum Gasteiger partial charge on any atom is -0.493 e. The number of para-hydroxylation sites is 1. The van der Waals surface area contributed by atoms with Gasteiger partial charge >= 0.3 is 5.97 Å². The van der Waals surface area contributed by atoms with Crippen LogP contribution in [-0.4, -0.2) is 39.7 Å². The molecule has 0 radical (unpaired) electrons. The normalized spacial score (nSPS) is 15.4. The van der Waals surface area contributed by atoms with Crippen molar-refractivity contribution in [1.82, 2.24) is 14.8 Å². The molecule has 8 heteroatoms. The van der Waals surface area contributed by atoms with Gasteiger partial charge in [0.15, 0.2) is 0 Å². The van der Waals surface area contributed by atoms with E-state index < -0.39 is 6.04 Å². The van der Waals surface area contributed by atoms with Crippen LogP contribution in [0.4, 0.5) is 5.95 Å². The van der Waals surface area contributed by atoms with E-state index in [9.17, 15) is 4.79 Å². The van der Waals surface area contributed by atoms with Gasteiger partial charge in [0.05, 0.1) is 18.8 Å². The number of carbonyl (C=O) groups is 1. The number of rotatable bonds is 11. The van der Waals surface area contributed by atoms with Gasteiger partial charge in [-0.1, -0.05) is 57.2 Å². The molecule has 3 rings (SSSR count). The number of thioether (sulfide) groups is 1. The number of aromatic nitrogens is 3. The Bertz CT molecular complexity index is 925. The molecule has 0 saturated carbocycles. The molecule has 1 aromatic heterocycles. The number of fused-ring (bicyclic) bond motifs is 1. The van der Waals surface area contributed by atoms with Crippen LogP contribution in [0, 0.1) is 0 Å². The molecule has 0 spiro atoms. The van der Waals surface area contributed by atoms with Crippen LogP contribution in [0.25, 0.3) is 0 Å². The summed E-state index contributed by atoms with van der Waals surface area (Å²) in [5.74, 6) is 1.98. The first kappa shape index (κ1) is 23.2. The fraction of sp³-hybridized carbons (Fsp3) is 0.522. The Hall–Kier alpha value is -2.48. The maximum atomic E-state index is 13.1. The van der Waals surface area contributed by atoms with Crippen LogP contribution in [0.2, 0.25) is 0 Å². The number of anilines is 1. The summed E-state index contributed by atoms with van der Waals surface area (Å²) < 4.78 is 13.3. The van der Waals surface area contributed by atoms with E-state index in [-0.39, 0.29) is 5.97 Å². The van der Waals surface area contributed by atoms with Gasteiger partial charge in [0.1, 0.15) is 11.8 Å². The van der Waals surface area contributed by atoms with Crippen LogP contribution in [0.15, 0.2) is 40.7 Å². The summed E-state index contributed by atoms with van der Waals surface area (Å²) in [5.41, 5.74) is 2.13. The van der Waals surface area contributed by atoms with Crippen molar-refractivity contribution in [2.75, 3.05) is 24.3 Å². The van der Waals surface area contributed by atoms with Crippen LogP contribution >= 0.6 is 11.8 Å². The highest BCUT2D eigenvalue weighted by Gasteiger charge is 2.36. The highest BCUT2D eigenvalue weighted by Crippen LogP contribution is 2.40. The molecule has 0 saturated heterocycles. The number of allylic oxidation sites excluding steroid dienone is 1. The van der Waals surface area contributed by atoms with Gasteiger partial charge < -0.3 is 14.8 Å². The number of nitrogens with one attached hydrogen (secondary N) is 1. The third kappa shape index (κ3) is 5.42. The van der Waals surface area contributed by atoms with Crippen molar-refractivity contribution < 1.29 is 14.3 Å². The lowest BCUT2D eigenvalue weighted by Gasteiger charge is -2.29. The maximum Gasteiger partial charge on any atom is 0.338 e. The Morgan fingerprint density at radius 3 is 2.68 bits per heavy atom. The van der Waals surface area contributed by atoms with E-state index in [1.54, 1.807) is 16.4 Å². The Kier molecular flexibility index (Phi) is 8.40. The van der Waals surface area contributed by atoms with Gasteiger partial charge in [-0.3, -0.25) is 0 Å². The molecule has 0 aliphatic carbocycles. The Labute approximate surface area is 188 Å². The lowest BCUT2D eigenvalue weighted by atomic mass is 9.95. The number of esters is 1. The summed E-state index contributed by atoms with van der Waals surface area (Å²) in [5, 5.41) is 8.71. The minimum atomic E-state index is -0.471. The quantitative estimate of drug-likeness (QED) is 0.290. The molecule has 1 N–H and O–H groups in total. The fourth-order valence-corrected chi connectivity index (χ4v) is 4.29. The van der Waals surface area contributed by atoms with E-state index in [4.69, 9.17) is 14.6 Å². The molecule has 168 valence electrons. The van der Waals surface area contributed by atoms with Crippen LogP contribution in [0.5, 0.6) is 5.75 Å². The zero-order valence-electron chi connectivity index (χ0n) is 18.8. The predicted molar refractivity (Wildman–Crippen MR) is 124 cm³/mol. The van der Waals surface area contributed by atoms with Crippen molar-refractivity contribution in [2.45, 2.75) is 64.6 Å². The van der Waals surface area contributed by atoms with Crippen molar-refractivity contribution in [2.24, 2.45) is 0 Å². The second-order valence-corrected chi connectivity index (χ2v) is 8.52. The number of ether oxygens (including phenoxy) is 2. The van der Waals surface area contributed by atoms with Gasteiger partial charge in [0, 0.05) is 17.0 Å². The predicted octanol–water partition coefficient (Wildman–Crippen LogP) is 5.20. The van der Waals surface area contributed by atoms with Gasteiger partial charge in [0.2, 0.25) is 11.1 Å². The smallest absolute Gasteiger partial charge is 0.338 e. The number of benzene rings is 1. The molecule has 1 unspecified atom stereocenters. The topological polar surface area (TPSA) is 78.3 Å². The Balaban J connectivity index is 2.06. The standard InChI is InChI=1S/C23H32N4O3S/c1-5-8-15-31-23-25-22-24-16(4)19(21(28)30-14-7-3)20(27(22)26-23)17-11-9-10-12-18(17)29-13-6-2/h9-12,20H,5-8,13-15H2,1-4H3,(H,24,25,26). The van der Waals surface area contributed by atoms with E-state index in [0.29, 0.717) is 29.9 Å². The van der Waals surface area contributed by atoms with Crippen molar-refractivity contribution >= 4 is 23.7 Å². The van der Waals surface area contributed by atoms with Gasteiger partial charge in [-0.05, 0) is 32.3 Å². The van der Waals surface area contributed by atoms with E-state index >= 15 is 0 Å². The molecule has 1 atom stereocenters. The Morgan fingerprint density at radius 1 is 1.16 bits per heavy atom. The van der Waals surface area contributed by atoms with Crippen LogP contribution < -0.4 is 10.1 Å². The molecule has 2 heterocycles. The van der Waals surface area contributed by atoms with Crippen molar-refractivity contribution in [3.8, 4) is 5.75 Å². The number of unbranched alkanes of at least 4 members (excludes halogenated alkanes) is 1. The van der Waals surface area contributed by atoms with Crippen molar-refractivity contribution in [3.63, 3.8) is 0 Å². The summed E-state index contributed by atoms with van der Waals surface area (Å²) in [6.45, 7) is 9.07. The van der Waals surface area contributed by atoms with Gasteiger partial charge in [-0.15, -0.1) is 5.10 Å². The average molecular weight is 445 g/mol. The average Bonchev–Trinajstić information content (AvgIpc) is 3.17. The molecular weight excluding hydrogens is 412 g/mol. The molecule has 7 nitrogen and oxygen atoms in total. The lowest BCUT2D eigenvalue weighted by molar-refractivity contribution is -0.139. The van der Waals surface area contributed by atoms with Gasteiger partial charge in [0.25, 0.3) is 0 Å². The minimum absolute atomic E-state index is 0.344. The molecule has 2 aromatic rings. The molecule has 1 aromatic carbocycles. The van der Waals surface area contributed by atoms with E-state index in [0.717, 1.165) is 48.4 Å². The molecule has 31 heavy (non-hydrogen) atoms. The monoisotopic (exact) mass is 444 g/mol. The number of hydrogen-bond donors (Lipinski definition) is 1. The first-order valence-corrected chi connectivity index (χ1v) is 12.0. The Morgan fingerprint density at radius 2 is 1.94 bits per heavy atom. The molecule has 0 bridgehead atoms. The zero-order valence-corrected chi connectivity index (χ0v) is 19.6. The van der Waals surface area contributed by atoms with Crippen molar-refractivity contribution in [1.29, 1.82) is 0 Å². The highest BCUT2D eigenvalue weighted by atomic mass is 32.2. The van der Waals surface area contributed by atoms with E-state index in [1.165, 1.54) is 0 Å².